The van der Waals surface area contributed by atoms with Gasteiger partial charge in [0, 0.05) is 5.30 Å². The van der Waals surface area contributed by atoms with Crippen molar-refractivity contribution in [1.29, 1.82) is 0 Å². The lowest BCUT2D eigenvalue weighted by molar-refractivity contribution is 0.591. The molecule has 1 aromatic carbocycles. The average molecular weight is 176 g/mol. The van der Waals surface area contributed by atoms with Gasteiger partial charge in [0.05, 0.1) is 0 Å². The van der Waals surface area contributed by atoms with E-state index in [9.17, 15) is 4.57 Å². The topological polar surface area (TPSA) is 43.1 Å². The molecule has 0 amide bonds. The zero-order valence-electron chi connectivity index (χ0n) is 5.20. The van der Waals surface area contributed by atoms with Crippen molar-refractivity contribution in [3.8, 4) is 0 Å². The Hall–Kier alpha value is -0.300. The molecule has 0 aliphatic heterocycles. The third kappa shape index (κ3) is 1.84. The Balaban J connectivity index is 3.09. The van der Waals surface area contributed by atoms with Gasteiger partial charge in [-0.05, 0) is 23.4 Å². The molecule has 2 nitrogen and oxygen atoms in total. The molecular formula is C6H7ClNOP. The van der Waals surface area contributed by atoms with Gasteiger partial charge in [-0.3, -0.25) is 10.1 Å². The minimum absolute atomic E-state index is 0.497. The van der Waals surface area contributed by atoms with E-state index < -0.39 is 6.65 Å². The van der Waals surface area contributed by atoms with Crippen LogP contribution < -0.4 is 10.8 Å². The summed E-state index contributed by atoms with van der Waals surface area (Å²) in [5.74, 6) is 0. The summed E-state index contributed by atoms with van der Waals surface area (Å²) in [5.41, 5.74) is 5.18. The van der Waals surface area contributed by atoms with Gasteiger partial charge in [0.2, 0.25) is 0 Å². The lowest BCUT2D eigenvalue weighted by Gasteiger charge is -2.01. The second-order valence-electron chi connectivity index (χ2n) is 1.91. The van der Waals surface area contributed by atoms with Crippen LogP contribution in [0.3, 0.4) is 0 Å². The van der Waals surface area contributed by atoms with E-state index >= 15 is 0 Å². The van der Waals surface area contributed by atoms with Crippen molar-refractivity contribution in [2.24, 2.45) is 5.50 Å². The first kappa shape index (κ1) is 7.80. The lowest BCUT2D eigenvalue weighted by atomic mass is 10.4. The smallest absolute Gasteiger partial charge is 0.258 e. The molecule has 1 atom stereocenters. The van der Waals surface area contributed by atoms with Crippen molar-refractivity contribution in [2.75, 3.05) is 0 Å². The Bertz CT molecular complexity index is 256. The second kappa shape index (κ2) is 2.75. The van der Waals surface area contributed by atoms with Gasteiger partial charge < -0.3 is 0 Å². The Morgan fingerprint density at radius 2 is 1.80 bits per heavy atom. The first-order valence-corrected chi connectivity index (χ1v) is 5.43. The standard InChI is InChI=1S/C6H7ClNOP/c7-10(8,9)6-4-2-1-3-5-6/h1-5H,(H2,8,9). The minimum Gasteiger partial charge on any atom is -0.284 e. The Morgan fingerprint density at radius 1 is 1.30 bits per heavy atom. The van der Waals surface area contributed by atoms with Gasteiger partial charge in [-0.1, -0.05) is 18.2 Å². The number of halogens is 1. The van der Waals surface area contributed by atoms with Gasteiger partial charge in [-0.2, -0.15) is 0 Å². The van der Waals surface area contributed by atoms with Gasteiger partial charge >= 0.3 is 0 Å². The third-order valence-corrected chi connectivity index (χ3v) is 2.70. The molecule has 2 N–H and O–H groups in total. The van der Waals surface area contributed by atoms with Gasteiger partial charge in [-0.25, -0.2) is 0 Å². The quantitative estimate of drug-likeness (QED) is 0.661. The highest BCUT2D eigenvalue weighted by atomic mass is 35.7. The molecule has 10 heavy (non-hydrogen) atoms. The number of benzene rings is 1. The number of rotatable bonds is 1. The van der Waals surface area contributed by atoms with Crippen molar-refractivity contribution in [3.63, 3.8) is 0 Å². The number of hydrogen-bond donors (Lipinski definition) is 1. The maximum Gasteiger partial charge on any atom is 0.258 e. The summed E-state index contributed by atoms with van der Waals surface area (Å²) in [6.07, 6.45) is 0. The molecule has 1 rings (SSSR count). The number of hydrogen-bond acceptors (Lipinski definition) is 1. The van der Waals surface area contributed by atoms with Crippen molar-refractivity contribution in [3.05, 3.63) is 30.3 Å². The molecule has 0 fully saturated rings. The van der Waals surface area contributed by atoms with E-state index in [0.717, 1.165) is 0 Å². The fourth-order valence-electron chi connectivity index (χ4n) is 0.631. The first-order valence-electron chi connectivity index (χ1n) is 2.74. The van der Waals surface area contributed by atoms with E-state index in [-0.39, 0.29) is 0 Å². The predicted molar refractivity (Wildman–Crippen MR) is 43.7 cm³/mol. The Kier molecular flexibility index (Phi) is 2.14. The highest BCUT2D eigenvalue weighted by Crippen LogP contribution is 2.40. The van der Waals surface area contributed by atoms with Crippen LogP contribution in [0.2, 0.25) is 0 Å². The maximum absolute atomic E-state index is 11.0. The molecule has 0 aliphatic rings. The summed E-state index contributed by atoms with van der Waals surface area (Å²) in [4.78, 5) is 0. The van der Waals surface area contributed by atoms with Crippen LogP contribution in [0.25, 0.3) is 0 Å². The van der Waals surface area contributed by atoms with E-state index in [1.54, 1.807) is 24.3 Å². The van der Waals surface area contributed by atoms with Crippen molar-refractivity contribution < 1.29 is 4.57 Å². The van der Waals surface area contributed by atoms with Crippen molar-refractivity contribution in [2.45, 2.75) is 0 Å². The summed E-state index contributed by atoms with van der Waals surface area (Å²) in [5, 5.41) is 0.497. The molecule has 0 radical (unpaired) electrons. The fourth-order valence-corrected chi connectivity index (χ4v) is 1.55. The van der Waals surface area contributed by atoms with E-state index in [0.29, 0.717) is 5.30 Å². The van der Waals surface area contributed by atoms with Crippen LogP contribution in [0.4, 0.5) is 0 Å². The summed E-state index contributed by atoms with van der Waals surface area (Å²) in [6, 6.07) is 8.60. The van der Waals surface area contributed by atoms with Gasteiger partial charge in [0.25, 0.3) is 6.65 Å². The van der Waals surface area contributed by atoms with Crippen LogP contribution in [0, 0.1) is 0 Å². The Labute approximate surface area is 64.2 Å². The molecule has 0 aromatic heterocycles. The van der Waals surface area contributed by atoms with E-state index in [2.05, 4.69) is 0 Å². The highest BCUT2D eigenvalue weighted by molar-refractivity contribution is 7.93. The molecule has 54 valence electrons. The van der Waals surface area contributed by atoms with Crippen LogP contribution >= 0.6 is 17.9 Å². The van der Waals surface area contributed by atoms with Crippen LogP contribution in [-0.4, -0.2) is 0 Å². The summed E-state index contributed by atoms with van der Waals surface area (Å²) in [6.45, 7) is -3.05. The summed E-state index contributed by atoms with van der Waals surface area (Å²) >= 11 is 5.39. The average Bonchev–Trinajstić information content (AvgIpc) is 1.88. The van der Waals surface area contributed by atoms with Gasteiger partial charge in [0.15, 0.2) is 0 Å². The van der Waals surface area contributed by atoms with E-state index in [1.165, 1.54) is 0 Å². The van der Waals surface area contributed by atoms with Gasteiger partial charge in [0.1, 0.15) is 0 Å². The van der Waals surface area contributed by atoms with Crippen LogP contribution in [-0.2, 0) is 4.57 Å². The normalized spacial score (nSPS) is 16.2. The monoisotopic (exact) mass is 175 g/mol. The predicted octanol–water partition coefficient (Wildman–Crippen LogP) is 1.70. The molecular weight excluding hydrogens is 168 g/mol. The molecule has 1 aromatic rings. The third-order valence-electron chi connectivity index (χ3n) is 1.11. The molecule has 4 heteroatoms. The molecule has 0 spiro atoms. The SMILES string of the molecule is NP(=O)(Cl)c1ccccc1. The summed E-state index contributed by atoms with van der Waals surface area (Å²) in [7, 11) is 0. The fraction of sp³-hybridized carbons (Fsp3) is 0. The van der Waals surface area contributed by atoms with Crippen LogP contribution in [0.1, 0.15) is 0 Å². The largest absolute Gasteiger partial charge is 0.284 e. The van der Waals surface area contributed by atoms with Crippen LogP contribution in [0.15, 0.2) is 30.3 Å². The van der Waals surface area contributed by atoms with Gasteiger partial charge in [-0.15, -0.1) is 0 Å². The molecule has 0 saturated carbocycles. The minimum atomic E-state index is -3.05. The van der Waals surface area contributed by atoms with Crippen molar-refractivity contribution in [1.82, 2.24) is 0 Å². The van der Waals surface area contributed by atoms with E-state index in [4.69, 9.17) is 16.7 Å². The Morgan fingerprint density at radius 3 is 2.10 bits per heavy atom. The van der Waals surface area contributed by atoms with Crippen LogP contribution in [0.5, 0.6) is 0 Å². The maximum atomic E-state index is 11.0. The lowest BCUT2D eigenvalue weighted by Crippen LogP contribution is -2.05. The first-order chi connectivity index (χ1) is 4.61. The summed E-state index contributed by atoms with van der Waals surface area (Å²) < 4.78 is 11.0. The molecule has 0 aliphatic carbocycles. The van der Waals surface area contributed by atoms with E-state index in [1.807, 2.05) is 6.07 Å². The molecule has 0 heterocycles. The second-order valence-corrected chi connectivity index (χ2v) is 5.09. The van der Waals surface area contributed by atoms with Crippen molar-refractivity contribution >= 4 is 23.2 Å². The zero-order chi connectivity index (χ0) is 7.61. The molecule has 0 saturated heterocycles. The molecule has 1 unspecified atom stereocenters. The zero-order valence-corrected chi connectivity index (χ0v) is 6.85. The highest BCUT2D eigenvalue weighted by Gasteiger charge is 2.12. The molecule has 0 bridgehead atoms. The number of nitrogens with two attached hydrogens (primary N) is 1.